The maximum atomic E-state index is 9.49. The van der Waals surface area contributed by atoms with Gasteiger partial charge in [-0.2, -0.15) is 0 Å². The standard InChI is InChI=1S/C14H30O3Si/c1-7-12(13-9-8-11(15)10-16-13)17-18(5,6)14(2,3)4/h11-13,15H,7-10H2,1-6H3/t11-,12+,13+/m1/s1. The molecule has 0 amide bonds. The van der Waals surface area contributed by atoms with Crippen molar-refractivity contribution in [3.05, 3.63) is 0 Å². The Balaban J connectivity index is 2.62. The summed E-state index contributed by atoms with van der Waals surface area (Å²) < 4.78 is 12.2. The highest BCUT2D eigenvalue weighted by Crippen LogP contribution is 2.38. The summed E-state index contributed by atoms with van der Waals surface area (Å²) in [4.78, 5) is 0. The fourth-order valence-electron chi connectivity index (χ4n) is 2.03. The SMILES string of the molecule is CC[C@H](O[Si](C)(C)C(C)(C)C)[C@@H]1CC[C@@H](O)CO1. The van der Waals surface area contributed by atoms with Gasteiger partial charge in [-0.05, 0) is 37.4 Å². The van der Waals surface area contributed by atoms with Gasteiger partial charge in [0.05, 0.1) is 24.9 Å². The Bertz CT molecular complexity index is 252. The van der Waals surface area contributed by atoms with E-state index in [1.54, 1.807) is 0 Å². The van der Waals surface area contributed by atoms with E-state index in [0.717, 1.165) is 19.3 Å². The summed E-state index contributed by atoms with van der Waals surface area (Å²) in [7, 11) is -1.73. The number of rotatable bonds is 4. The molecule has 3 nitrogen and oxygen atoms in total. The molecule has 4 heteroatoms. The van der Waals surface area contributed by atoms with Crippen LogP contribution in [0.3, 0.4) is 0 Å². The van der Waals surface area contributed by atoms with Crippen LogP contribution in [0.1, 0.15) is 47.0 Å². The van der Waals surface area contributed by atoms with E-state index in [2.05, 4.69) is 40.8 Å². The van der Waals surface area contributed by atoms with Gasteiger partial charge < -0.3 is 14.3 Å². The molecular weight excluding hydrogens is 244 g/mol. The first-order valence-electron chi connectivity index (χ1n) is 7.15. The average molecular weight is 274 g/mol. The molecule has 1 rings (SSSR count). The summed E-state index contributed by atoms with van der Waals surface area (Å²) in [6, 6.07) is 0. The van der Waals surface area contributed by atoms with Gasteiger partial charge in [0.25, 0.3) is 0 Å². The summed E-state index contributed by atoms with van der Waals surface area (Å²) in [5.74, 6) is 0. The molecule has 1 aliphatic rings. The normalized spacial score (nSPS) is 28.2. The minimum absolute atomic E-state index is 0.160. The van der Waals surface area contributed by atoms with Gasteiger partial charge in [0.1, 0.15) is 0 Å². The van der Waals surface area contributed by atoms with Crippen LogP contribution in [0.2, 0.25) is 18.1 Å². The van der Waals surface area contributed by atoms with Crippen LogP contribution in [0, 0.1) is 0 Å². The van der Waals surface area contributed by atoms with E-state index in [-0.39, 0.29) is 23.4 Å². The summed E-state index contributed by atoms with van der Waals surface area (Å²) >= 11 is 0. The lowest BCUT2D eigenvalue weighted by Gasteiger charge is -2.42. The Kier molecular flexibility index (Phi) is 5.41. The Labute approximate surface area is 113 Å². The van der Waals surface area contributed by atoms with Crippen LogP contribution in [0.4, 0.5) is 0 Å². The largest absolute Gasteiger partial charge is 0.411 e. The predicted molar refractivity (Wildman–Crippen MR) is 77.3 cm³/mol. The van der Waals surface area contributed by atoms with Crippen molar-refractivity contribution >= 4 is 8.32 Å². The molecular formula is C14H30O3Si. The molecule has 108 valence electrons. The highest BCUT2D eigenvalue weighted by Gasteiger charge is 2.41. The van der Waals surface area contributed by atoms with Gasteiger partial charge >= 0.3 is 0 Å². The second-order valence-corrected chi connectivity index (χ2v) is 11.7. The molecule has 1 heterocycles. The number of aliphatic hydroxyl groups excluding tert-OH is 1. The van der Waals surface area contributed by atoms with Crippen LogP contribution >= 0.6 is 0 Å². The number of aliphatic hydroxyl groups is 1. The van der Waals surface area contributed by atoms with Crippen molar-refractivity contribution in [1.29, 1.82) is 0 Å². The van der Waals surface area contributed by atoms with Gasteiger partial charge in [0.15, 0.2) is 8.32 Å². The van der Waals surface area contributed by atoms with Crippen LogP contribution in [-0.4, -0.2) is 38.3 Å². The van der Waals surface area contributed by atoms with Gasteiger partial charge in [0.2, 0.25) is 0 Å². The zero-order valence-corrected chi connectivity index (χ0v) is 13.8. The fraction of sp³-hybridized carbons (Fsp3) is 1.00. The molecule has 0 bridgehead atoms. The van der Waals surface area contributed by atoms with Crippen molar-refractivity contribution in [3.8, 4) is 0 Å². The summed E-state index contributed by atoms with van der Waals surface area (Å²) in [5, 5.41) is 9.72. The Hall–Kier alpha value is 0.0969. The highest BCUT2D eigenvalue weighted by atomic mass is 28.4. The van der Waals surface area contributed by atoms with Crippen LogP contribution in [0.15, 0.2) is 0 Å². The second kappa shape index (κ2) is 6.03. The molecule has 3 atom stereocenters. The van der Waals surface area contributed by atoms with Gasteiger partial charge in [-0.1, -0.05) is 27.7 Å². The lowest BCUT2D eigenvalue weighted by molar-refractivity contribution is -0.0993. The van der Waals surface area contributed by atoms with Crippen molar-refractivity contribution in [1.82, 2.24) is 0 Å². The first-order valence-corrected chi connectivity index (χ1v) is 10.1. The number of hydrogen-bond donors (Lipinski definition) is 1. The number of ether oxygens (including phenoxy) is 1. The third kappa shape index (κ3) is 4.05. The molecule has 0 radical (unpaired) electrons. The van der Waals surface area contributed by atoms with Crippen molar-refractivity contribution in [3.63, 3.8) is 0 Å². The number of hydrogen-bond acceptors (Lipinski definition) is 3. The van der Waals surface area contributed by atoms with E-state index in [4.69, 9.17) is 9.16 Å². The van der Waals surface area contributed by atoms with Crippen molar-refractivity contribution in [2.75, 3.05) is 6.61 Å². The zero-order chi connectivity index (χ0) is 14.0. The average Bonchev–Trinajstić information content (AvgIpc) is 2.25. The molecule has 0 aromatic carbocycles. The van der Waals surface area contributed by atoms with Gasteiger partial charge in [-0.3, -0.25) is 0 Å². The third-order valence-electron chi connectivity index (χ3n) is 4.36. The molecule has 0 spiro atoms. The monoisotopic (exact) mass is 274 g/mol. The van der Waals surface area contributed by atoms with E-state index in [0.29, 0.717) is 6.61 Å². The molecule has 0 aromatic heterocycles. The summed E-state index contributed by atoms with van der Waals surface area (Å²) in [5.41, 5.74) is 0. The maximum absolute atomic E-state index is 9.49. The molecule has 0 aliphatic carbocycles. The van der Waals surface area contributed by atoms with Crippen LogP contribution < -0.4 is 0 Å². The molecule has 1 aliphatic heterocycles. The Morgan fingerprint density at radius 1 is 1.33 bits per heavy atom. The molecule has 1 N–H and O–H groups in total. The minimum atomic E-state index is -1.73. The van der Waals surface area contributed by atoms with Crippen molar-refractivity contribution < 1.29 is 14.3 Å². The summed E-state index contributed by atoms with van der Waals surface area (Å²) in [6.07, 6.45) is 2.78. The van der Waals surface area contributed by atoms with Crippen LogP contribution in [0.25, 0.3) is 0 Å². The first kappa shape index (κ1) is 16.2. The van der Waals surface area contributed by atoms with E-state index in [1.807, 2.05) is 0 Å². The van der Waals surface area contributed by atoms with Crippen LogP contribution in [-0.2, 0) is 9.16 Å². The van der Waals surface area contributed by atoms with E-state index in [9.17, 15) is 5.11 Å². The van der Waals surface area contributed by atoms with Gasteiger partial charge in [0, 0.05) is 0 Å². The zero-order valence-electron chi connectivity index (χ0n) is 12.8. The van der Waals surface area contributed by atoms with Crippen molar-refractivity contribution in [2.45, 2.75) is 83.4 Å². The van der Waals surface area contributed by atoms with E-state index in [1.165, 1.54) is 0 Å². The van der Waals surface area contributed by atoms with Gasteiger partial charge in [-0.25, -0.2) is 0 Å². The van der Waals surface area contributed by atoms with Crippen LogP contribution in [0.5, 0.6) is 0 Å². The topological polar surface area (TPSA) is 38.7 Å². The predicted octanol–water partition coefficient (Wildman–Crippen LogP) is 3.33. The lowest BCUT2D eigenvalue weighted by atomic mass is 10.0. The molecule has 1 saturated heterocycles. The smallest absolute Gasteiger partial charge is 0.192 e. The molecule has 0 aromatic rings. The lowest BCUT2D eigenvalue weighted by Crippen LogP contribution is -2.48. The molecule has 0 unspecified atom stereocenters. The molecule has 0 saturated carbocycles. The quantitative estimate of drug-likeness (QED) is 0.799. The maximum Gasteiger partial charge on any atom is 0.192 e. The van der Waals surface area contributed by atoms with Crippen molar-refractivity contribution in [2.24, 2.45) is 0 Å². The third-order valence-corrected chi connectivity index (χ3v) is 8.86. The summed E-state index contributed by atoms with van der Waals surface area (Å²) in [6.45, 7) is 14.0. The first-order chi connectivity index (χ1) is 8.17. The second-order valence-electron chi connectivity index (χ2n) is 6.93. The van der Waals surface area contributed by atoms with E-state index < -0.39 is 8.32 Å². The Morgan fingerprint density at radius 2 is 1.94 bits per heavy atom. The minimum Gasteiger partial charge on any atom is -0.411 e. The van der Waals surface area contributed by atoms with Gasteiger partial charge in [-0.15, -0.1) is 0 Å². The molecule has 18 heavy (non-hydrogen) atoms. The fourth-order valence-corrected chi connectivity index (χ4v) is 3.46. The highest BCUT2D eigenvalue weighted by molar-refractivity contribution is 6.74. The van der Waals surface area contributed by atoms with E-state index >= 15 is 0 Å². The molecule has 1 fully saturated rings. The Morgan fingerprint density at radius 3 is 2.33 bits per heavy atom.